The molecule has 3 heteroatoms. The lowest BCUT2D eigenvalue weighted by Crippen LogP contribution is -2.09. The number of aliphatic hydroxyl groups is 1. The molecule has 11 heavy (non-hydrogen) atoms. The summed E-state index contributed by atoms with van der Waals surface area (Å²) in [4.78, 5) is 0. The number of benzene rings is 1. The van der Waals surface area contributed by atoms with E-state index in [9.17, 15) is 0 Å². The zero-order chi connectivity index (χ0) is 8.27. The van der Waals surface area contributed by atoms with Gasteiger partial charge in [0.25, 0.3) is 0 Å². The highest BCUT2D eigenvalue weighted by molar-refractivity contribution is 6.30. The van der Waals surface area contributed by atoms with Gasteiger partial charge in [-0.05, 0) is 24.3 Å². The first-order valence-electron chi connectivity index (χ1n) is 3.12. The molecule has 0 spiro atoms. The van der Waals surface area contributed by atoms with Crippen molar-refractivity contribution in [2.24, 2.45) is 0 Å². The van der Waals surface area contributed by atoms with Crippen molar-refractivity contribution in [1.29, 1.82) is 0 Å². The van der Waals surface area contributed by atoms with Gasteiger partial charge in [0.2, 0.25) is 0 Å². The van der Waals surface area contributed by atoms with Crippen LogP contribution in [0.5, 0.6) is 5.75 Å². The van der Waals surface area contributed by atoms with Crippen LogP contribution in [0.25, 0.3) is 0 Å². The predicted molar refractivity (Wildman–Crippen MR) is 43.4 cm³/mol. The minimum absolute atomic E-state index is 0.553. The first kappa shape index (κ1) is 8.37. The maximum absolute atomic E-state index is 8.71. The number of aliphatic hydroxyl groups excluding tert-OH is 1. The second kappa shape index (κ2) is 3.60. The standard InChI is InChI=1S/C8H8ClO2/c1-6(10)11-8-4-2-7(9)3-5-8/h2-6,10H,1H2. The Hall–Kier alpha value is -0.730. The van der Waals surface area contributed by atoms with E-state index in [2.05, 4.69) is 6.92 Å². The Labute approximate surface area is 70.4 Å². The highest BCUT2D eigenvalue weighted by atomic mass is 35.5. The summed E-state index contributed by atoms with van der Waals surface area (Å²) in [6.45, 7) is 3.26. The molecular weight excluding hydrogens is 164 g/mol. The van der Waals surface area contributed by atoms with Crippen LogP contribution in [0.15, 0.2) is 24.3 Å². The summed E-state index contributed by atoms with van der Waals surface area (Å²) < 4.78 is 4.85. The summed E-state index contributed by atoms with van der Waals surface area (Å²) in [5.41, 5.74) is 0. The van der Waals surface area contributed by atoms with E-state index in [0.717, 1.165) is 0 Å². The van der Waals surface area contributed by atoms with Crippen LogP contribution in [0.1, 0.15) is 0 Å². The summed E-state index contributed by atoms with van der Waals surface area (Å²) in [7, 11) is 0. The zero-order valence-corrected chi connectivity index (χ0v) is 6.58. The maximum Gasteiger partial charge on any atom is 0.197 e. The summed E-state index contributed by atoms with van der Waals surface area (Å²) >= 11 is 5.61. The van der Waals surface area contributed by atoms with Crippen molar-refractivity contribution < 1.29 is 9.84 Å². The largest absolute Gasteiger partial charge is 0.465 e. The van der Waals surface area contributed by atoms with E-state index >= 15 is 0 Å². The van der Waals surface area contributed by atoms with Gasteiger partial charge in [-0.3, -0.25) is 0 Å². The number of hydrogen-bond donors (Lipinski definition) is 1. The smallest absolute Gasteiger partial charge is 0.197 e. The molecule has 1 aromatic rings. The highest BCUT2D eigenvalue weighted by Crippen LogP contribution is 2.15. The molecular formula is C8H8ClO2. The van der Waals surface area contributed by atoms with Crippen molar-refractivity contribution in [2.75, 3.05) is 0 Å². The van der Waals surface area contributed by atoms with Gasteiger partial charge in [0.05, 0.1) is 0 Å². The topological polar surface area (TPSA) is 29.5 Å². The Morgan fingerprint density at radius 1 is 1.36 bits per heavy atom. The molecule has 0 aliphatic rings. The van der Waals surface area contributed by atoms with E-state index in [0.29, 0.717) is 10.8 Å². The molecule has 1 aromatic carbocycles. The third-order valence-corrected chi connectivity index (χ3v) is 1.34. The quantitative estimate of drug-likeness (QED) is 0.689. The minimum atomic E-state index is -1.03. The van der Waals surface area contributed by atoms with Crippen molar-refractivity contribution >= 4 is 11.6 Å². The van der Waals surface area contributed by atoms with Crippen molar-refractivity contribution in [2.45, 2.75) is 6.29 Å². The maximum atomic E-state index is 8.71. The van der Waals surface area contributed by atoms with Gasteiger partial charge in [0.1, 0.15) is 5.75 Å². The van der Waals surface area contributed by atoms with Crippen LogP contribution < -0.4 is 4.74 Å². The van der Waals surface area contributed by atoms with Crippen LogP contribution >= 0.6 is 11.6 Å². The second-order valence-electron chi connectivity index (χ2n) is 2.03. The molecule has 1 radical (unpaired) electrons. The fourth-order valence-electron chi connectivity index (χ4n) is 0.670. The lowest BCUT2D eigenvalue weighted by atomic mass is 10.3. The number of halogens is 1. The fraction of sp³-hybridized carbons (Fsp3) is 0.125. The Balaban J connectivity index is 2.66. The van der Waals surface area contributed by atoms with E-state index in [-0.39, 0.29) is 0 Å². The van der Waals surface area contributed by atoms with Gasteiger partial charge < -0.3 is 9.84 Å². The first-order chi connectivity index (χ1) is 5.18. The van der Waals surface area contributed by atoms with Crippen LogP contribution in [0.3, 0.4) is 0 Å². The van der Waals surface area contributed by atoms with Gasteiger partial charge in [0, 0.05) is 11.9 Å². The second-order valence-corrected chi connectivity index (χ2v) is 2.46. The average molecular weight is 172 g/mol. The lowest BCUT2D eigenvalue weighted by molar-refractivity contribution is 0.0223. The molecule has 1 atom stereocenters. The Kier molecular flexibility index (Phi) is 2.74. The van der Waals surface area contributed by atoms with Gasteiger partial charge in [-0.15, -0.1) is 0 Å². The molecule has 0 heterocycles. The van der Waals surface area contributed by atoms with Crippen LogP contribution in [0, 0.1) is 6.92 Å². The number of rotatable bonds is 2. The molecule has 1 unspecified atom stereocenters. The van der Waals surface area contributed by atoms with E-state index < -0.39 is 6.29 Å². The molecule has 0 bridgehead atoms. The monoisotopic (exact) mass is 171 g/mol. The van der Waals surface area contributed by atoms with Crippen LogP contribution in [-0.4, -0.2) is 11.4 Å². The Morgan fingerprint density at radius 2 is 1.91 bits per heavy atom. The Bertz CT molecular complexity index is 218. The molecule has 0 saturated carbocycles. The predicted octanol–water partition coefficient (Wildman–Crippen LogP) is 1.87. The van der Waals surface area contributed by atoms with Gasteiger partial charge in [-0.1, -0.05) is 11.6 Å². The normalized spacial score (nSPS) is 12.6. The summed E-state index contributed by atoms with van der Waals surface area (Å²) in [5, 5.41) is 9.34. The molecule has 0 amide bonds. The van der Waals surface area contributed by atoms with Crippen molar-refractivity contribution in [3.63, 3.8) is 0 Å². The zero-order valence-electron chi connectivity index (χ0n) is 5.83. The van der Waals surface area contributed by atoms with Crippen molar-refractivity contribution in [3.8, 4) is 5.75 Å². The van der Waals surface area contributed by atoms with E-state index in [1.807, 2.05) is 0 Å². The van der Waals surface area contributed by atoms with Crippen LogP contribution in [-0.2, 0) is 0 Å². The van der Waals surface area contributed by atoms with Gasteiger partial charge in [0.15, 0.2) is 6.29 Å². The molecule has 2 nitrogen and oxygen atoms in total. The van der Waals surface area contributed by atoms with Crippen LogP contribution in [0.4, 0.5) is 0 Å². The lowest BCUT2D eigenvalue weighted by Gasteiger charge is -2.07. The third-order valence-electron chi connectivity index (χ3n) is 1.09. The van der Waals surface area contributed by atoms with Gasteiger partial charge in [-0.25, -0.2) is 0 Å². The minimum Gasteiger partial charge on any atom is -0.465 e. The first-order valence-corrected chi connectivity index (χ1v) is 3.49. The number of hydrogen-bond acceptors (Lipinski definition) is 2. The van der Waals surface area contributed by atoms with E-state index in [4.69, 9.17) is 21.4 Å². The molecule has 0 aliphatic carbocycles. The van der Waals surface area contributed by atoms with Gasteiger partial charge >= 0.3 is 0 Å². The molecule has 0 aromatic heterocycles. The Morgan fingerprint density at radius 3 is 2.36 bits per heavy atom. The molecule has 0 saturated heterocycles. The van der Waals surface area contributed by atoms with Crippen molar-refractivity contribution in [1.82, 2.24) is 0 Å². The van der Waals surface area contributed by atoms with E-state index in [1.54, 1.807) is 24.3 Å². The van der Waals surface area contributed by atoms with Crippen LogP contribution in [0.2, 0.25) is 5.02 Å². The summed E-state index contributed by atoms with van der Waals surface area (Å²) in [5.74, 6) is 0.553. The van der Waals surface area contributed by atoms with Gasteiger partial charge in [-0.2, -0.15) is 0 Å². The highest BCUT2D eigenvalue weighted by Gasteiger charge is 1.96. The summed E-state index contributed by atoms with van der Waals surface area (Å²) in [6.07, 6.45) is -1.03. The average Bonchev–Trinajstić information content (AvgIpc) is 1.93. The summed E-state index contributed by atoms with van der Waals surface area (Å²) in [6, 6.07) is 6.69. The SMILES string of the molecule is [CH2]C(O)Oc1ccc(Cl)cc1. The fourth-order valence-corrected chi connectivity index (χ4v) is 0.796. The molecule has 1 rings (SSSR count). The number of ether oxygens (including phenoxy) is 1. The van der Waals surface area contributed by atoms with E-state index in [1.165, 1.54) is 0 Å². The molecule has 1 N–H and O–H groups in total. The molecule has 0 aliphatic heterocycles. The molecule has 0 fully saturated rings. The molecule has 59 valence electrons. The van der Waals surface area contributed by atoms with Crippen molar-refractivity contribution in [3.05, 3.63) is 36.2 Å². The third kappa shape index (κ3) is 2.78.